The van der Waals surface area contributed by atoms with Gasteiger partial charge in [-0.2, -0.15) is 0 Å². The fourth-order valence-corrected chi connectivity index (χ4v) is 3.67. The molecule has 3 aromatic rings. The van der Waals surface area contributed by atoms with E-state index >= 15 is 0 Å². The van der Waals surface area contributed by atoms with Crippen LogP contribution in [0.5, 0.6) is 5.75 Å². The second-order valence-corrected chi connectivity index (χ2v) is 8.00. The maximum atomic E-state index is 12.1. The molecule has 0 saturated carbocycles. The van der Waals surface area contributed by atoms with Gasteiger partial charge in [0.1, 0.15) is 5.75 Å². The molecule has 0 radical (unpaired) electrons. The van der Waals surface area contributed by atoms with E-state index in [1.807, 2.05) is 44.2 Å². The van der Waals surface area contributed by atoms with Crippen molar-refractivity contribution in [2.45, 2.75) is 20.3 Å². The van der Waals surface area contributed by atoms with Crippen molar-refractivity contribution >= 4 is 45.6 Å². The Hall–Kier alpha value is -2.08. The number of hydrogen-bond acceptors (Lipinski definition) is 4. The quantitative estimate of drug-likeness (QED) is 0.558. The first-order chi connectivity index (χ1) is 12.9. The van der Waals surface area contributed by atoms with Crippen molar-refractivity contribution in [1.82, 2.24) is 4.98 Å². The molecular formula is C20H18Cl2N2O2S. The first-order valence-corrected chi connectivity index (χ1v) is 9.87. The molecule has 1 aromatic heterocycles. The summed E-state index contributed by atoms with van der Waals surface area (Å²) in [4.78, 5) is 17.3. The van der Waals surface area contributed by atoms with E-state index < -0.39 is 0 Å². The van der Waals surface area contributed by atoms with Crippen LogP contribution in [0.3, 0.4) is 0 Å². The van der Waals surface area contributed by atoms with Gasteiger partial charge in [-0.05, 0) is 48.7 Å². The van der Waals surface area contributed by atoms with Gasteiger partial charge in [0.25, 0.3) is 5.91 Å². The predicted octanol–water partition coefficient (Wildman–Crippen LogP) is 5.68. The van der Waals surface area contributed by atoms with Crippen LogP contribution in [0.15, 0.2) is 42.6 Å². The highest BCUT2D eigenvalue weighted by Crippen LogP contribution is 2.29. The lowest BCUT2D eigenvalue weighted by atomic mass is 10.1. The number of aromatic nitrogens is 1. The van der Waals surface area contributed by atoms with Crippen molar-refractivity contribution in [3.63, 3.8) is 0 Å². The Morgan fingerprint density at radius 3 is 2.78 bits per heavy atom. The zero-order valence-electron chi connectivity index (χ0n) is 14.9. The molecule has 1 N–H and O–H groups in total. The van der Waals surface area contributed by atoms with Crippen molar-refractivity contribution in [2.24, 2.45) is 0 Å². The van der Waals surface area contributed by atoms with E-state index in [2.05, 4.69) is 10.3 Å². The maximum Gasteiger partial charge on any atom is 0.264 e. The number of nitrogens with zero attached hydrogens (tertiary/aromatic N) is 1. The summed E-state index contributed by atoms with van der Waals surface area (Å²) in [6.45, 7) is 3.96. The van der Waals surface area contributed by atoms with Crippen LogP contribution in [0.2, 0.25) is 10.0 Å². The van der Waals surface area contributed by atoms with Crippen LogP contribution in [0.25, 0.3) is 0 Å². The molecule has 0 aliphatic carbocycles. The van der Waals surface area contributed by atoms with Gasteiger partial charge >= 0.3 is 0 Å². The maximum absolute atomic E-state index is 12.1. The Bertz CT molecular complexity index is 972. The molecule has 3 rings (SSSR count). The van der Waals surface area contributed by atoms with E-state index in [1.54, 1.807) is 12.3 Å². The average Bonchev–Trinajstić information content (AvgIpc) is 3.07. The Kier molecular flexibility index (Phi) is 6.37. The minimum Gasteiger partial charge on any atom is -0.484 e. The van der Waals surface area contributed by atoms with Crippen LogP contribution >= 0.6 is 34.5 Å². The summed E-state index contributed by atoms with van der Waals surface area (Å²) in [7, 11) is 0. The summed E-state index contributed by atoms with van der Waals surface area (Å²) < 4.78 is 5.54. The van der Waals surface area contributed by atoms with Gasteiger partial charge in [-0.25, -0.2) is 4.98 Å². The fourth-order valence-electron chi connectivity index (χ4n) is 2.43. The van der Waals surface area contributed by atoms with Crippen LogP contribution in [0.4, 0.5) is 5.13 Å². The Balaban J connectivity index is 1.56. The minimum absolute atomic E-state index is 0.0719. The van der Waals surface area contributed by atoms with Crippen molar-refractivity contribution < 1.29 is 9.53 Å². The highest BCUT2D eigenvalue weighted by atomic mass is 35.5. The number of carbonyl (C=O) groups excluding carboxylic acids is 1. The molecule has 27 heavy (non-hydrogen) atoms. The van der Waals surface area contributed by atoms with E-state index in [-0.39, 0.29) is 12.5 Å². The lowest BCUT2D eigenvalue weighted by Crippen LogP contribution is -2.20. The first-order valence-electron chi connectivity index (χ1n) is 8.30. The molecule has 0 saturated heterocycles. The topological polar surface area (TPSA) is 51.2 Å². The number of hydrogen-bond donors (Lipinski definition) is 1. The van der Waals surface area contributed by atoms with Crippen LogP contribution in [0.1, 0.15) is 21.6 Å². The smallest absolute Gasteiger partial charge is 0.264 e. The highest BCUT2D eigenvalue weighted by molar-refractivity contribution is 7.15. The molecule has 0 spiro atoms. The third-order valence-corrected chi connectivity index (χ3v) is 5.82. The molecule has 7 heteroatoms. The number of thiazole rings is 1. The molecule has 0 atom stereocenters. The van der Waals surface area contributed by atoms with Crippen molar-refractivity contribution in [1.29, 1.82) is 0 Å². The molecule has 0 fully saturated rings. The Morgan fingerprint density at radius 2 is 2.00 bits per heavy atom. The van der Waals surface area contributed by atoms with Gasteiger partial charge in [-0.15, -0.1) is 11.3 Å². The van der Waals surface area contributed by atoms with Crippen molar-refractivity contribution in [2.75, 3.05) is 11.9 Å². The van der Waals surface area contributed by atoms with Gasteiger partial charge in [0.05, 0.1) is 10.0 Å². The Morgan fingerprint density at radius 1 is 1.19 bits per heavy atom. The summed E-state index contributed by atoms with van der Waals surface area (Å²) in [5.74, 6) is 0.415. The van der Waals surface area contributed by atoms with E-state index in [1.165, 1.54) is 16.9 Å². The van der Waals surface area contributed by atoms with Gasteiger partial charge in [0, 0.05) is 17.5 Å². The molecule has 140 valence electrons. The number of amides is 1. The van der Waals surface area contributed by atoms with E-state index in [0.717, 1.165) is 16.0 Å². The third-order valence-electron chi connectivity index (χ3n) is 4.04. The molecule has 0 unspecified atom stereocenters. The molecule has 2 aromatic carbocycles. The Labute approximate surface area is 172 Å². The van der Waals surface area contributed by atoms with Gasteiger partial charge < -0.3 is 4.74 Å². The number of carbonyl (C=O) groups is 1. The normalized spacial score (nSPS) is 10.7. The zero-order chi connectivity index (χ0) is 19.4. The monoisotopic (exact) mass is 420 g/mol. The predicted molar refractivity (Wildman–Crippen MR) is 111 cm³/mol. The van der Waals surface area contributed by atoms with Crippen molar-refractivity contribution in [3.05, 3.63) is 74.2 Å². The van der Waals surface area contributed by atoms with Crippen LogP contribution in [-0.2, 0) is 11.2 Å². The minimum atomic E-state index is -0.255. The van der Waals surface area contributed by atoms with Gasteiger partial charge in [0.2, 0.25) is 0 Å². The van der Waals surface area contributed by atoms with Gasteiger partial charge in [-0.3, -0.25) is 10.1 Å². The fraction of sp³-hybridized carbons (Fsp3) is 0.200. The third kappa shape index (κ3) is 5.22. The second-order valence-electron chi connectivity index (χ2n) is 6.10. The van der Waals surface area contributed by atoms with Crippen LogP contribution < -0.4 is 10.1 Å². The molecule has 4 nitrogen and oxygen atoms in total. The SMILES string of the molecule is Cc1ccc(OCC(=O)Nc2ncc(Cc3cccc(Cl)c3Cl)s2)cc1C. The number of benzene rings is 2. The van der Waals surface area contributed by atoms with E-state index in [4.69, 9.17) is 27.9 Å². The number of anilines is 1. The zero-order valence-corrected chi connectivity index (χ0v) is 17.2. The average molecular weight is 421 g/mol. The van der Waals surface area contributed by atoms with Crippen LogP contribution in [-0.4, -0.2) is 17.5 Å². The molecule has 0 aliphatic rings. The summed E-state index contributed by atoms with van der Waals surface area (Å²) in [6.07, 6.45) is 2.33. The summed E-state index contributed by atoms with van der Waals surface area (Å²) in [5, 5.41) is 4.35. The molecule has 1 amide bonds. The molecular weight excluding hydrogens is 403 g/mol. The lowest BCUT2D eigenvalue weighted by molar-refractivity contribution is -0.118. The van der Waals surface area contributed by atoms with E-state index in [0.29, 0.717) is 27.3 Å². The number of halogens is 2. The molecule has 0 bridgehead atoms. The first kappa shape index (κ1) is 19.7. The standard InChI is InChI=1S/C20H18Cl2N2O2S/c1-12-6-7-15(8-13(12)2)26-11-18(25)24-20-23-10-16(27-20)9-14-4-3-5-17(21)19(14)22/h3-8,10H,9,11H2,1-2H3,(H,23,24,25). The molecule has 1 heterocycles. The van der Waals surface area contributed by atoms with Gasteiger partial charge in [0.15, 0.2) is 11.7 Å². The van der Waals surface area contributed by atoms with Crippen LogP contribution in [0, 0.1) is 13.8 Å². The molecule has 0 aliphatic heterocycles. The number of rotatable bonds is 6. The summed E-state index contributed by atoms with van der Waals surface area (Å²) in [5.41, 5.74) is 3.22. The largest absolute Gasteiger partial charge is 0.484 e. The number of aryl methyl sites for hydroxylation is 2. The number of ether oxygens (including phenoxy) is 1. The lowest BCUT2D eigenvalue weighted by Gasteiger charge is -2.07. The summed E-state index contributed by atoms with van der Waals surface area (Å²) in [6, 6.07) is 11.3. The second kappa shape index (κ2) is 8.74. The summed E-state index contributed by atoms with van der Waals surface area (Å²) >= 11 is 13.7. The van der Waals surface area contributed by atoms with Crippen molar-refractivity contribution in [3.8, 4) is 5.75 Å². The number of nitrogens with one attached hydrogen (secondary N) is 1. The van der Waals surface area contributed by atoms with Gasteiger partial charge in [-0.1, -0.05) is 41.4 Å². The van der Waals surface area contributed by atoms with E-state index in [9.17, 15) is 4.79 Å². The highest BCUT2D eigenvalue weighted by Gasteiger charge is 2.11.